The lowest BCUT2D eigenvalue weighted by Crippen LogP contribution is -2.50. The summed E-state index contributed by atoms with van der Waals surface area (Å²) in [6.45, 7) is 7.87. The number of aryl methyl sites for hydroxylation is 4. The van der Waals surface area contributed by atoms with Crippen molar-refractivity contribution in [3.63, 3.8) is 0 Å². The summed E-state index contributed by atoms with van der Waals surface area (Å²) in [7, 11) is 3.43. The first-order valence-corrected chi connectivity index (χ1v) is 9.52. The summed E-state index contributed by atoms with van der Waals surface area (Å²) in [5.41, 5.74) is 4.07. The first-order chi connectivity index (χ1) is 13.4. The van der Waals surface area contributed by atoms with Gasteiger partial charge in [-0.1, -0.05) is 17.7 Å². The van der Waals surface area contributed by atoms with E-state index in [2.05, 4.69) is 46.8 Å². The number of aromatic nitrogens is 4. The van der Waals surface area contributed by atoms with E-state index >= 15 is 0 Å². The zero-order chi connectivity index (χ0) is 20.0. The second-order valence-electron chi connectivity index (χ2n) is 7.64. The molecule has 0 spiro atoms. The SMILES string of the molecule is Cc1ccc(N2CCN(Cn3c(=O)c4c(ncn4C)n(C)c3=O)CC2)c(C)c1. The van der Waals surface area contributed by atoms with E-state index in [4.69, 9.17) is 0 Å². The molecule has 0 radical (unpaired) electrons. The Morgan fingerprint density at radius 2 is 1.75 bits per heavy atom. The number of hydrogen-bond donors (Lipinski definition) is 0. The van der Waals surface area contributed by atoms with Crippen LogP contribution in [-0.2, 0) is 20.8 Å². The molecular formula is C20H26N6O2. The highest BCUT2D eigenvalue weighted by Gasteiger charge is 2.21. The lowest BCUT2D eigenvalue weighted by Gasteiger charge is -2.36. The molecule has 1 fully saturated rings. The van der Waals surface area contributed by atoms with Crippen LogP contribution in [0.15, 0.2) is 34.1 Å². The smallest absolute Gasteiger partial charge is 0.333 e. The summed E-state index contributed by atoms with van der Waals surface area (Å²) in [4.78, 5) is 34.3. The highest BCUT2D eigenvalue weighted by Crippen LogP contribution is 2.22. The minimum Gasteiger partial charge on any atom is -0.369 e. The molecule has 1 aliphatic rings. The van der Waals surface area contributed by atoms with Gasteiger partial charge in [-0.3, -0.25) is 14.3 Å². The predicted molar refractivity (Wildman–Crippen MR) is 110 cm³/mol. The second-order valence-corrected chi connectivity index (χ2v) is 7.64. The Morgan fingerprint density at radius 3 is 2.43 bits per heavy atom. The fourth-order valence-electron chi connectivity index (χ4n) is 4.01. The van der Waals surface area contributed by atoms with Crippen LogP contribution in [0.3, 0.4) is 0 Å². The molecule has 0 amide bonds. The fourth-order valence-corrected chi connectivity index (χ4v) is 4.01. The molecule has 8 nitrogen and oxygen atoms in total. The zero-order valence-electron chi connectivity index (χ0n) is 16.8. The van der Waals surface area contributed by atoms with Crippen molar-refractivity contribution < 1.29 is 0 Å². The van der Waals surface area contributed by atoms with Gasteiger partial charge in [0.25, 0.3) is 5.56 Å². The third-order valence-corrected chi connectivity index (χ3v) is 5.61. The van der Waals surface area contributed by atoms with Gasteiger partial charge in [-0.15, -0.1) is 0 Å². The van der Waals surface area contributed by atoms with Crippen molar-refractivity contribution in [1.82, 2.24) is 23.6 Å². The summed E-state index contributed by atoms with van der Waals surface area (Å²) < 4.78 is 4.44. The highest BCUT2D eigenvalue weighted by molar-refractivity contribution is 5.69. The number of nitrogens with zero attached hydrogens (tertiary/aromatic N) is 6. The lowest BCUT2D eigenvalue weighted by molar-refractivity contribution is 0.198. The molecule has 0 bridgehead atoms. The molecule has 1 aliphatic heterocycles. The lowest BCUT2D eigenvalue weighted by atomic mass is 10.1. The maximum absolute atomic E-state index is 12.9. The number of anilines is 1. The zero-order valence-corrected chi connectivity index (χ0v) is 16.8. The van der Waals surface area contributed by atoms with E-state index in [-0.39, 0.29) is 11.2 Å². The summed E-state index contributed by atoms with van der Waals surface area (Å²) in [5.74, 6) is 0. The van der Waals surface area contributed by atoms with Crippen molar-refractivity contribution in [2.45, 2.75) is 20.5 Å². The van der Waals surface area contributed by atoms with E-state index in [9.17, 15) is 9.59 Å². The predicted octanol–water partition coefficient (Wildman–Crippen LogP) is 0.830. The Kier molecular flexibility index (Phi) is 4.58. The summed E-state index contributed by atoms with van der Waals surface area (Å²) in [6.07, 6.45) is 1.57. The number of fused-ring (bicyclic) bond motifs is 1. The molecule has 0 saturated carbocycles. The van der Waals surface area contributed by atoms with Crippen LogP contribution < -0.4 is 16.1 Å². The molecule has 0 unspecified atom stereocenters. The molecule has 148 valence electrons. The number of hydrogen-bond acceptors (Lipinski definition) is 5. The monoisotopic (exact) mass is 382 g/mol. The van der Waals surface area contributed by atoms with E-state index in [0.29, 0.717) is 17.8 Å². The van der Waals surface area contributed by atoms with Crippen LogP contribution in [0.4, 0.5) is 5.69 Å². The molecule has 0 N–H and O–H groups in total. The number of benzene rings is 1. The van der Waals surface area contributed by atoms with Crippen molar-refractivity contribution in [2.24, 2.45) is 14.1 Å². The van der Waals surface area contributed by atoms with E-state index in [1.54, 1.807) is 25.0 Å². The number of piperazine rings is 1. The van der Waals surface area contributed by atoms with Crippen LogP contribution in [0.5, 0.6) is 0 Å². The standard InChI is InChI=1S/C20H26N6O2/c1-14-5-6-16(15(2)11-14)25-9-7-24(8-10-25)13-26-19(27)17-18(21-12-22(17)3)23(4)20(26)28/h5-6,11-12H,7-10,13H2,1-4H3. The molecule has 1 aromatic carbocycles. The highest BCUT2D eigenvalue weighted by atomic mass is 16.2. The van der Waals surface area contributed by atoms with Crippen LogP contribution >= 0.6 is 0 Å². The molecule has 0 aliphatic carbocycles. The van der Waals surface area contributed by atoms with Crippen LogP contribution in [0, 0.1) is 13.8 Å². The minimum absolute atomic E-state index is 0.282. The first kappa shape index (κ1) is 18.5. The third-order valence-electron chi connectivity index (χ3n) is 5.61. The van der Waals surface area contributed by atoms with Crippen molar-refractivity contribution in [1.29, 1.82) is 0 Å². The Morgan fingerprint density at radius 1 is 1.04 bits per heavy atom. The van der Waals surface area contributed by atoms with Gasteiger partial charge in [0, 0.05) is 46.0 Å². The second kappa shape index (κ2) is 6.94. The minimum atomic E-state index is -0.326. The molecule has 28 heavy (non-hydrogen) atoms. The van der Waals surface area contributed by atoms with Gasteiger partial charge in [0.05, 0.1) is 13.0 Å². The van der Waals surface area contributed by atoms with Crippen molar-refractivity contribution in [3.05, 3.63) is 56.5 Å². The fraction of sp³-hybridized carbons (Fsp3) is 0.450. The summed E-state index contributed by atoms with van der Waals surface area (Å²) in [5, 5.41) is 0. The van der Waals surface area contributed by atoms with Gasteiger partial charge in [0.2, 0.25) is 0 Å². The van der Waals surface area contributed by atoms with Crippen LogP contribution in [0.2, 0.25) is 0 Å². The molecule has 1 saturated heterocycles. The van der Waals surface area contributed by atoms with Gasteiger partial charge in [0.1, 0.15) is 0 Å². The van der Waals surface area contributed by atoms with Crippen LogP contribution in [0.25, 0.3) is 11.2 Å². The quantitative estimate of drug-likeness (QED) is 0.671. The normalized spacial score (nSPS) is 15.5. The number of rotatable bonds is 3. The summed E-state index contributed by atoms with van der Waals surface area (Å²) >= 11 is 0. The summed E-state index contributed by atoms with van der Waals surface area (Å²) in [6, 6.07) is 6.52. The van der Waals surface area contributed by atoms with Gasteiger partial charge in [-0.25, -0.2) is 14.3 Å². The molecule has 4 rings (SSSR count). The average Bonchev–Trinajstić information content (AvgIpc) is 3.06. The third kappa shape index (κ3) is 3.03. The van der Waals surface area contributed by atoms with Gasteiger partial charge in [0.15, 0.2) is 11.2 Å². The molecule has 3 heterocycles. The van der Waals surface area contributed by atoms with Gasteiger partial charge in [-0.05, 0) is 25.5 Å². The molecular weight excluding hydrogens is 356 g/mol. The van der Waals surface area contributed by atoms with E-state index in [1.807, 2.05) is 0 Å². The first-order valence-electron chi connectivity index (χ1n) is 9.52. The molecule has 0 atom stereocenters. The van der Waals surface area contributed by atoms with E-state index < -0.39 is 0 Å². The van der Waals surface area contributed by atoms with Gasteiger partial charge >= 0.3 is 5.69 Å². The topological polar surface area (TPSA) is 68.3 Å². The Hall–Kier alpha value is -2.87. The van der Waals surface area contributed by atoms with Crippen molar-refractivity contribution in [2.75, 3.05) is 31.1 Å². The van der Waals surface area contributed by atoms with Gasteiger partial charge < -0.3 is 9.47 Å². The van der Waals surface area contributed by atoms with Gasteiger partial charge in [-0.2, -0.15) is 0 Å². The average molecular weight is 382 g/mol. The van der Waals surface area contributed by atoms with Crippen LogP contribution in [-0.4, -0.2) is 49.8 Å². The Bertz CT molecular complexity index is 1150. The van der Waals surface area contributed by atoms with Crippen LogP contribution in [0.1, 0.15) is 11.1 Å². The Labute approximate surface area is 163 Å². The van der Waals surface area contributed by atoms with Crippen molar-refractivity contribution in [3.8, 4) is 0 Å². The molecule has 2 aromatic heterocycles. The Balaban J connectivity index is 1.55. The molecule has 8 heteroatoms. The number of imidazole rings is 1. The maximum atomic E-state index is 12.9. The van der Waals surface area contributed by atoms with E-state index in [0.717, 1.165) is 26.2 Å². The van der Waals surface area contributed by atoms with Crippen molar-refractivity contribution >= 4 is 16.9 Å². The maximum Gasteiger partial charge on any atom is 0.333 e. The van der Waals surface area contributed by atoms with E-state index in [1.165, 1.54) is 25.9 Å². The molecule has 3 aromatic rings. The largest absolute Gasteiger partial charge is 0.369 e.